The van der Waals surface area contributed by atoms with Crippen LogP contribution in [0.15, 0.2) is 60.7 Å². The molecule has 0 bridgehead atoms. The van der Waals surface area contributed by atoms with Gasteiger partial charge in [0.25, 0.3) is 0 Å². The molecule has 5 nitrogen and oxygen atoms in total. The summed E-state index contributed by atoms with van der Waals surface area (Å²) in [6.45, 7) is 6.50. The third-order valence-electron chi connectivity index (χ3n) is 5.27. The molecule has 0 unspecified atom stereocenters. The first kappa shape index (κ1) is 20.1. The quantitative estimate of drug-likeness (QED) is 0.624. The van der Waals surface area contributed by atoms with Crippen LogP contribution in [0.3, 0.4) is 0 Å². The van der Waals surface area contributed by atoms with Crippen LogP contribution in [0.4, 0.5) is 5.69 Å². The molecule has 5 heteroatoms. The van der Waals surface area contributed by atoms with E-state index in [1.807, 2.05) is 30.3 Å². The average Bonchev–Trinajstić information content (AvgIpc) is 2.74. The number of carbonyl (C=O) groups excluding carboxylic acids is 1. The second kappa shape index (κ2) is 10.6. The largest absolute Gasteiger partial charge is 0.495 e. The lowest BCUT2D eigenvalue weighted by atomic mass is 10.2. The minimum absolute atomic E-state index is 0.0533. The molecule has 0 radical (unpaired) electrons. The number of piperazine rings is 1. The van der Waals surface area contributed by atoms with E-state index < -0.39 is 0 Å². The zero-order valence-electron chi connectivity index (χ0n) is 16.6. The fourth-order valence-electron chi connectivity index (χ4n) is 3.59. The summed E-state index contributed by atoms with van der Waals surface area (Å²) in [5.74, 6) is 0.751. The van der Waals surface area contributed by atoms with Gasteiger partial charge in [0.15, 0.2) is 0 Å². The first-order valence-corrected chi connectivity index (χ1v) is 10.1. The monoisotopic (exact) mass is 381 g/mol. The maximum Gasteiger partial charge on any atom is 0.230 e. The Hall–Kier alpha value is -2.63. The van der Waals surface area contributed by atoms with Crippen LogP contribution < -0.4 is 19.9 Å². The minimum Gasteiger partial charge on any atom is -0.495 e. The highest BCUT2D eigenvalue weighted by Crippen LogP contribution is 2.22. The minimum atomic E-state index is 0.0533. The van der Waals surface area contributed by atoms with Crippen LogP contribution in [0.5, 0.6) is 5.75 Å². The summed E-state index contributed by atoms with van der Waals surface area (Å²) in [5.41, 5.74) is 2.00. The molecule has 0 spiro atoms. The molecule has 1 fully saturated rings. The number of amides is 1. The molecule has 3 rings (SSSR count). The van der Waals surface area contributed by atoms with Gasteiger partial charge in [-0.2, -0.15) is 0 Å². The van der Waals surface area contributed by atoms with Crippen LogP contribution in [-0.2, 0) is 4.79 Å². The summed E-state index contributed by atoms with van der Waals surface area (Å²) in [4.78, 5) is 15.4. The second-order valence-corrected chi connectivity index (χ2v) is 7.27. The van der Waals surface area contributed by atoms with Crippen LogP contribution in [-0.4, -0.2) is 52.3 Å². The van der Waals surface area contributed by atoms with Crippen LogP contribution in [0.2, 0.25) is 0 Å². The van der Waals surface area contributed by atoms with Crippen molar-refractivity contribution in [3.8, 4) is 5.75 Å². The molecule has 2 aromatic rings. The fraction of sp³-hybridized carbons (Fsp3) is 0.348. The second-order valence-electron chi connectivity index (χ2n) is 7.27. The van der Waals surface area contributed by atoms with Gasteiger partial charge in [-0.05, 0) is 23.8 Å². The Kier molecular flexibility index (Phi) is 7.64. The highest BCUT2D eigenvalue weighted by molar-refractivity contribution is 5.92. The van der Waals surface area contributed by atoms with Crippen molar-refractivity contribution in [3.63, 3.8) is 0 Å². The Bertz CT molecular complexity index is 768. The predicted molar refractivity (Wildman–Crippen MR) is 113 cm³/mol. The van der Waals surface area contributed by atoms with E-state index in [-0.39, 0.29) is 5.91 Å². The van der Waals surface area contributed by atoms with Gasteiger partial charge < -0.3 is 19.9 Å². The van der Waals surface area contributed by atoms with Crippen molar-refractivity contribution in [2.75, 3.05) is 51.7 Å². The highest BCUT2D eigenvalue weighted by atomic mass is 16.5. The Labute approximate surface area is 167 Å². The molecule has 3 N–H and O–H groups in total. The topological polar surface area (TPSA) is 47.2 Å². The van der Waals surface area contributed by atoms with Crippen molar-refractivity contribution >= 4 is 17.7 Å². The van der Waals surface area contributed by atoms with E-state index in [0.717, 1.165) is 45.0 Å². The van der Waals surface area contributed by atoms with E-state index in [9.17, 15) is 4.79 Å². The van der Waals surface area contributed by atoms with Crippen molar-refractivity contribution in [3.05, 3.63) is 66.2 Å². The SMILES string of the molecule is COc1ccccc1NC(=O)CC[NH+]1CC[NH+](C/C=C/c2ccccc2)CC1. The fourth-order valence-corrected chi connectivity index (χ4v) is 3.59. The Morgan fingerprint density at radius 2 is 1.68 bits per heavy atom. The van der Waals surface area contributed by atoms with E-state index in [0.29, 0.717) is 12.2 Å². The molecular weight excluding hydrogens is 350 g/mol. The number of methoxy groups -OCH3 is 1. The van der Waals surface area contributed by atoms with Gasteiger partial charge in [0.05, 0.1) is 32.3 Å². The average molecular weight is 382 g/mol. The number of rotatable bonds is 8. The summed E-state index contributed by atoms with van der Waals surface area (Å²) < 4.78 is 5.28. The maximum absolute atomic E-state index is 12.3. The highest BCUT2D eigenvalue weighted by Gasteiger charge is 2.22. The standard InChI is InChI=1S/C23H29N3O2/c1-28-22-12-6-5-11-21(22)24-23(27)13-15-26-18-16-25(17-19-26)14-7-10-20-8-3-2-4-9-20/h2-12H,13-19H2,1H3,(H,24,27)/p+2/b10-7+. The van der Waals surface area contributed by atoms with Crippen LogP contribution in [0, 0.1) is 0 Å². The number of hydrogen-bond donors (Lipinski definition) is 3. The van der Waals surface area contributed by atoms with E-state index in [1.54, 1.807) is 12.0 Å². The van der Waals surface area contributed by atoms with Gasteiger partial charge in [0, 0.05) is 0 Å². The zero-order valence-corrected chi connectivity index (χ0v) is 16.6. The van der Waals surface area contributed by atoms with E-state index in [1.165, 1.54) is 10.5 Å². The summed E-state index contributed by atoms with van der Waals surface area (Å²) in [6, 6.07) is 18.0. The van der Waals surface area contributed by atoms with Gasteiger partial charge in [-0.3, -0.25) is 4.79 Å². The lowest BCUT2D eigenvalue weighted by Gasteiger charge is -2.29. The van der Waals surface area contributed by atoms with Gasteiger partial charge in [-0.25, -0.2) is 0 Å². The molecule has 148 valence electrons. The Morgan fingerprint density at radius 1 is 1.00 bits per heavy atom. The Morgan fingerprint density at radius 3 is 2.43 bits per heavy atom. The maximum atomic E-state index is 12.3. The van der Waals surface area contributed by atoms with Gasteiger partial charge in [-0.15, -0.1) is 0 Å². The number of benzene rings is 2. The third kappa shape index (κ3) is 6.22. The number of nitrogens with one attached hydrogen (secondary N) is 3. The molecule has 1 aliphatic heterocycles. The van der Waals surface area contributed by atoms with Crippen molar-refractivity contribution in [2.45, 2.75) is 6.42 Å². The molecule has 0 atom stereocenters. The molecular formula is C23H31N3O2+2. The predicted octanol–water partition coefficient (Wildman–Crippen LogP) is 0.521. The number of quaternary nitrogens is 2. The normalized spacial score (nSPS) is 19.5. The van der Waals surface area contributed by atoms with Crippen molar-refractivity contribution in [2.24, 2.45) is 0 Å². The number of ether oxygens (including phenoxy) is 1. The molecule has 1 aliphatic rings. The summed E-state index contributed by atoms with van der Waals surface area (Å²) in [5, 5.41) is 2.96. The summed E-state index contributed by atoms with van der Waals surface area (Å²) >= 11 is 0. The van der Waals surface area contributed by atoms with Crippen LogP contribution >= 0.6 is 0 Å². The summed E-state index contributed by atoms with van der Waals surface area (Å²) in [6.07, 6.45) is 5.02. The van der Waals surface area contributed by atoms with Gasteiger partial charge in [0.2, 0.25) is 5.91 Å². The Balaban J connectivity index is 1.35. The third-order valence-corrected chi connectivity index (χ3v) is 5.27. The van der Waals surface area contributed by atoms with Gasteiger partial charge in [0.1, 0.15) is 31.9 Å². The number of hydrogen-bond acceptors (Lipinski definition) is 2. The molecule has 1 amide bonds. The molecule has 0 aliphatic carbocycles. The van der Waals surface area contributed by atoms with Crippen molar-refractivity contribution in [1.29, 1.82) is 0 Å². The van der Waals surface area contributed by atoms with Crippen molar-refractivity contribution in [1.82, 2.24) is 0 Å². The summed E-state index contributed by atoms with van der Waals surface area (Å²) in [7, 11) is 1.62. The molecule has 2 aromatic carbocycles. The zero-order chi connectivity index (χ0) is 19.6. The van der Waals surface area contributed by atoms with Crippen LogP contribution in [0.25, 0.3) is 6.08 Å². The first-order valence-electron chi connectivity index (χ1n) is 10.1. The molecule has 28 heavy (non-hydrogen) atoms. The van der Waals surface area contributed by atoms with E-state index in [2.05, 4.69) is 41.7 Å². The molecule has 0 saturated carbocycles. The van der Waals surface area contributed by atoms with Gasteiger partial charge in [-0.1, -0.05) is 48.5 Å². The molecule has 0 aromatic heterocycles. The number of para-hydroxylation sites is 2. The first-order chi connectivity index (χ1) is 13.7. The molecule has 1 saturated heterocycles. The van der Waals surface area contributed by atoms with E-state index in [4.69, 9.17) is 4.74 Å². The molecule has 1 heterocycles. The number of anilines is 1. The lowest BCUT2D eigenvalue weighted by Crippen LogP contribution is -3.28. The lowest BCUT2D eigenvalue weighted by molar-refractivity contribution is -1.01. The smallest absolute Gasteiger partial charge is 0.230 e. The van der Waals surface area contributed by atoms with Crippen molar-refractivity contribution < 1.29 is 19.3 Å². The number of carbonyl (C=O) groups is 1. The van der Waals surface area contributed by atoms with E-state index >= 15 is 0 Å². The van der Waals surface area contributed by atoms with Crippen LogP contribution in [0.1, 0.15) is 12.0 Å². The van der Waals surface area contributed by atoms with Gasteiger partial charge >= 0.3 is 0 Å².